The Labute approximate surface area is 95.3 Å². The van der Waals surface area contributed by atoms with E-state index in [1.165, 1.54) is 5.56 Å². The third-order valence-corrected chi connectivity index (χ3v) is 2.90. The minimum Gasteiger partial charge on any atom is -0.329 e. The minimum atomic E-state index is -0.0159. The number of hydrogen-bond donors (Lipinski definition) is 1. The van der Waals surface area contributed by atoms with Crippen molar-refractivity contribution in [2.24, 2.45) is 0 Å². The van der Waals surface area contributed by atoms with Crippen LogP contribution in [-0.2, 0) is 5.41 Å². The van der Waals surface area contributed by atoms with Gasteiger partial charge in [-0.15, -0.1) is 0 Å². The predicted octanol–water partition coefficient (Wildman–Crippen LogP) is 3.13. The first-order chi connectivity index (χ1) is 7.41. The molecule has 1 N–H and O–H groups in total. The van der Waals surface area contributed by atoms with E-state index in [4.69, 9.17) is 0 Å². The van der Waals surface area contributed by atoms with Crippen LogP contribution in [0.4, 0.5) is 0 Å². The summed E-state index contributed by atoms with van der Waals surface area (Å²) in [5, 5.41) is 1.84. The zero-order chi connectivity index (χ0) is 11.9. The molecule has 2 rings (SSSR count). The van der Waals surface area contributed by atoms with E-state index in [0.29, 0.717) is 0 Å². The van der Waals surface area contributed by atoms with Crippen LogP contribution in [0.25, 0.3) is 10.8 Å². The molecule has 0 saturated carbocycles. The van der Waals surface area contributed by atoms with Crippen molar-refractivity contribution in [3.8, 4) is 0 Å². The first-order valence-corrected chi connectivity index (χ1v) is 5.53. The molecule has 0 spiro atoms. The molecule has 1 heterocycles. The highest BCUT2D eigenvalue weighted by molar-refractivity contribution is 5.86. The summed E-state index contributed by atoms with van der Waals surface area (Å²) in [6.45, 7) is 8.48. The van der Waals surface area contributed by atoms with Gasteiger partial charge in [-0.25, -0.2) is 0 Å². The molecular formula is C14H17NO. The maximum atomic E-state index is 11.9. The highest BCUT2D eigenvalue weighted by atomic mass is 16.1. The summed E-state index contributed by atoms with van der Waals surface area (Å²) in [4.78, 5) is 14.7. The SMILES string of the molecule is Cc1ccc2cc[nH]c(=O)c2c1C(C)(C)C. The van der Waals surface area contributed by atoms with Gasteiger partial charge in [-0.1, -0.05) is 32.9 Å². The zero-order valence-electron chi connectivity index (χ0n) is 10.2. The van der Waals surface area contributed by atoms with Gasteiger partial charge in [0.05, 0.1) is 5.39 Å². The highest BCUT2D eigenvalue weighted by Crippen LogP contribution is 2.30. The normalized spacial score (nSPS) is 12.0. The standard InChI is InChI=1S/C14H17NO/c1-9-5-6-10-7-8-15-13(16)11(10)12(9)14(2,3)4/h5-8H,1-4H3,(H,15,16). The molecule has 0 aliphatic carbocycles. The lowest BCUT2D eigenvalue weighted by Gasteiger charge is -2.23. The molecule has 1 aromatic heterocycles. The number of H-pyrrole nitrogens is 1. The number of rotatable bonds is 0. The summed E-state index contributed by atoms with van der Waals surface area (Å²) in [7, 11) is 0. The molecule has 1 aromatic carbocycles. The predicted molar refractivity (Wildman–Crippen MR) is 68.0 cm³/mol. The minimum absolute atomic E-state index is 0.00567. The van der Waals surface area contributed by atoms with Crippen LogP contribution < -0.4 is 5.56 Å². The third-order valence-electron chi connectivity index (χ3n) is 2.90. The smallest absolute Gasteiger partial charge is 0.256 e. The quantitative estimate of drug-likeness (QED) is 0.719. The molecule has 0 atom stereocenters. The van der Waals surface area contributed by atoms with Crippen molar-refractivity contribution in [2.45, 2.75) is 33.1 Å². The van der Waals surface area contributed by atoms with E-state index in [0.717, 1.165) is 16.3 Å². The molecule has 0 aliphatic heterocycles. The Kier molecular flexibility index (Phi) is 2.38. The van der Waals surface area contributed by atoms with Crippen LogP contribution in [0.2, 0.25) is 0 Å². The first kappa shape index (κ1) is 10.9. The van der Waals surface area contributed by atoms with E-state index in [2.05, 4.69) is 38.7 Å². The van der Waals surface area contributed by atoms with Crippen molar-refractivity contribution in [1.82, 2.24) is 4.98 Å². The molecule has 0 fully saturated rings. The van der Waals surface area contributed by atoms with E-state index in [1.54, 1.807) is 6.20 Å². The number of aromatic nitrogens is 1. The van der Waals surface area contributed by atoms with Gasteiger partial charge in [-0.3, -0.25) is 4.79 Å². The molecular weight excluding hydrogens is 198 g/mol. The molecule has 2 nitrogen and oxygen atoms in total. The van der Waals surface area contributed by atoms with E-state index in [-0.39, 0.29) is 11.0 Å². The monoisotopic (exact) mass is 215 g/mol. The lowest BCUT2D eigenvalue weighted by atomic mass is 9.81. The van der Waals surface area contributed by atoms with Crippen molar-refractivity contribution in [1.29, 1.82) is 0 Å². The topological polar surface area (TPSA) is 32.9 Å². The summed E-state index contributed by atoms with van der Waals surface area (Å²) in [5.74, 6) is 0. The van der Waals surface area contributed by atoms with Gasteiger partial charge in [-0.2, -0.15) is 0 Å². The molecule has 0 amide bonds. The van der Waals surface area contributed by atoms with Crippen molar-refractivity contribution in [3.05, 3.63) is 45.9 Å². The van der Waals surface area contributed by atoms with Gasteiger partial charge in [0.15, 0.2) is 0 Å². The van der Waals surface area contributed by atoms with Gasteiger partial charge in [0, 0.05) is 6.20 Å². The van der Waals surface area contributed by atoms with E-state index >= 15 is 0 Å². The molecule has 0 bridgehead atoms. The average Bonchev–Trinajstić information content (AvgIpc) is 2.17. The second kappa shape index (κ2) is 3.48. The van der Waals surface area contributed by atoms with E-state index in [1.807, 2.05) is 12.1 Å². The van der Waals surface area contributed by atoms with Crippen LogP contribution in [0.15, 0.2) is 29.2 Å². The molecule has 0 saturated heterocycles. The Morgan fingerprint density at radius 1 is 1.12 bits per heavy atom. The third kappa shape index (κ3) is 1.64. The maximum absolute atomic E-state index is 11.9. The number of fused-ring (bicyclic) bond motifs is 1. The number of aromatic amines is 1. The first-order valence-electron chi connectivity index (χ1n) is 5.53. The Bertz CT molecular complexity index is 588. The largest absolute Gasteiger partial charge is 0.329 e. The van der Waals surface area contributed by atoms with Gasteiger partial charge in [0.25, 0.3) is 5.56 Å². The van der Waals surface area contributed by atoms with Gasteiger partial charge in [0.2, 0.25) is 0 Å². The number of nitrogens with one attached hydrogen (secondary N) is 1. The molecule has 0 radical (unpaired) electrons. The van der Waals surface area contributed by atoms with Crippen molar-refractivity contribution in [3.63, 3.8) is 0 Å². The second-order valence-electron chi connectivity index (χ2n) is 5.28. The molecule has 0 unspecified atom stereocenters. The van der Waals surface area contributed by atoms with Crippen molar-refractivity contribution in [2.75, 3.05) is 0 Å². The van der Waals surface area contributed by atoms with Crippen LogP contribution in [0.5, 0.6) is 0 Å². The average molecular weight is 215 g/mol. The van der Waals surface area contributed by atoms with Crippen molar-refractivity contribution >= 4 is 10.8 Å². The van der Waals surface area contributed by atoms with Gasteiger partial charge in [-0.05, 0) is 34.9 Å². The summed E-state index contributed by atoms with van der Waals surface area (Å²) in [6.07, 6.45) is 1.70. The number of hydrogen-bond acceptors (Lipinski definition) is 1. The Hall–Kier alpha value is -1.57. The Morgan fingerprint density at radius 2 is 1.81 bits per heavy atom. The lowest BCUT2D eigenvalue weighted by Crippen LogP contribution is -2.18. The molecule has 0 aliphatic rings. The van der Waals surface area contributed by atoms with Crippen LogP contribution in [-0.4, -0.2) is 4.98 Å². The Balaban J connectivity index is 3.01. The molecule has 2 heteroatoms. The Morgan fingerprint density at radius 3 is 2.44 bits per heavy atom. The molecule has 16 heavy (non-hydrogen) atoms. The lowest BCUT2D eigenvalue weighted by molar-refractivity contribution is 0.591. The van der Waals surface area contributed by atoms with Crippen molar-refractivity contribution < 1.29 is 0 Å². The van der Waals surface area contributed by atoms with Gasteiger partial charge >= 0.3 is 0 Å². The summed E-state index contributed by atoms with van der Waals surface area (Å²) in [6, 6.07) is 6.04. The summed E-state index contributed by atoms with van der Waals surface area (Å²) < 4.78 is 0. The molecule has 2 aromatic rings. The number of pyridine rings is 1. The summed E-state index contributed by atoms with van der Waals surface area (Å²) >= 11 is 0. The van der Waals surface area contributed by atoms with Crippen LogP contribution in [0.3, 0.4) is 0 Å². The van der Waals surface area contributed by atoms with Crippen LogP contribution in [0, 0.1) is 6.92 Å². The zero-order valence-corrected chi connectivity index (χ0v) is 10.2. The second-order valence-corrected chi connectivity index (χ2v) is 5.28. The fourth-order valence-corrected chi connectivity index (χ4v) is 2.35. The van der Waals surface area contributed by atoms with Gasteiger partial charge < -0.3 is 4.98 Å². The number of aryl methyl sites for hydroxylation is 1. The van der Waals surface area contributed by atoms with Crippen LogP contribution in [0.1, 0.15) is 31.9 Å². The van der Waals surface area contributed by atoms with Gasteiger partial charge in [0.1, 0.15) is 0 Å². The van der Waals surface area contributed by atoms with E-state index in [9.17, 15) is 4.79 Å². The number of benzene rings is 1. The highest BCUT2D eigenvalue weighted by Gasteiger charge is 2.20. The molecule has 84 valence electrons. The van der Waals surface area contributed by atoms with E-state index < -0.39 is 0 Å². The fraction of sp³-hybridized carbons (Fsp3) is 0.357. The van der Waals surface area contributed by atoms with Crippen LogP contribution >= 0.6 is 0 Å². The summed E-state index contributed by atoms with van der Waals surface area (Å²) in [5.41, 5.74) is 2.31. The maximum Gasteiger partial charge on any atom is 0.256 e. The fourth-order valence-electron chi connectivity index (χ4n) is 2.35.